The second-order valence-corrected chi connectivity index (χ2v) is 7.67. The van der Waals surface area contributed by atoms with E-state index in [0.717, 1.165) is 49.3 Å². The first-order valence-corrected chi connectivity index (χ1v) is 9.82. The van der Waals surface area contributed by atoms with Crippen LogP contribution in [-0.2, 0) is 4.79 Å². The van der Waals surface area contributed by atoms with Crippen LogP contribution in [0.25, 0.3) is 0 Å². The van der Waals surface area contributed by atoms with Gasteiger partial charge in [-0.25, -0.2) is 0 Å². The molecule has 26 heavy (non-hydrogen) atoms. The van der Waals surface area contributed by atoms with Crippen LogP contribution in [0.1, 0.15) is 57.6 Å². The first-order chi connectivity index (χ1) is 12.5. The van der Waals surface area contributed by atoms with Gasteiger partial charge in [0.25, 0.3) is 0 Å². The van der Waals surface area contributed by atoms with Gasteiger partial charge in [0, 0.05) is 29.8 Å². The van der Waals surface area contributed by atoms with Gasteiger partial charge in [0.05, 0.1) is 20.8 Å². The molecule has 5 heteroatoms. The third kappa shape index (κ3) is 3.83. The van der Waals surface area contributed by atoms with E-state index in [1.54, 1.807) is 14.2 Å². The average Bonchev–Trinajstić information content (AvgIpc) is 3.08. The maximum Gasteiger partial charge on any atom is 0.237 e. The highest BCUT2D eigenvalue weighted by Gasteiger charge is 2.34. The van der Waals surface area contributed by atoms with E-state index >= 15 is 0 Å². The van der Waals surface area contributed by atoms with Gasteiger partial charge in [-0.15, -0.1) is 0 Å². The predicted octanol–water partition coefficient (Wildman–Crippen LogP) is 3.63. The quantitative estimate of drug-likeness (QED) is 0.804. The molecule has 2 aliphatic heterocycles. The number of carbonyl (C=O) groups is 1. The molecule has 2 saturated heterocycles. The number of likely N-dealkylation sites (tertiary alicyclic amines) is 2. The van der Waals surface area contributed by atoms with Crippen molar-refractivity contribution in [1.29, 1.82) is 0 Å². The number of nitrogens with zero attached hydrogens (tertiary/aromatic N) is 2. The lowest BCUT2D eigenvalue weighted by molar-refractivity contribution is -0.138. The van der Waals surface area contributed by atoms with Crippen LogP contribution in [0.5, 0.6) is 11.5 Å². The van der Waals surface area contributed by atoms with Crippen LogP contribution in [0.3, 0.4) is 0 Å². The molecule has 3 atom stereocenters. The molecule has 5 nitrogen and oxygen atoms in total. The van der Waals surface area contributed by atoms with Gasteiger partial charge in [-0.05, 0) is 58.6 Å². The fourth-order valence-electron chi connectivity index (χ4n) is 4.63. The van der Waals surface area contributed by atoms with Crippen molar-refractivity contribution in [2.45, 2.75) is 64.1 Å². The van der Waals surface area contributed by atoms with Crippen molar-refractivity contribution in [2.75, 3.05) is 27.3 Å². The van der Waals surface area contributed by atoms with Gasteiger partial charge in [0.2, 0.25) is 5.91 Å². The van der Waals surface area contributed by atoms with Crippen LogP contribution in [0, 0.1) is 0 Å². The molecule has 2 heterocycles. The fraction of sp³-hybridized carbons (Fsp3) is 0.667. The van der Waals surface area contributed by atoms with E-state index in [9.17, 15) is 4.79 Å². The molecule has 0 bridgehead atoms. The van der Waals surface area contributed by atoms with Crippen LogP contribution in [0.2, 0.25) is 0 Å². The summed E-state index contributed by atoms with van der Waals surface area (Å²) in [4.78, 5) is 17.5. The summed E-state index contributed by atoms with van der Waals surface area (Å²) in [5.41, 5.74) is 1.15. The summed E-state index contributed by atoms with van der Waals surface area (Å²) >= 11 is 0. The molecular weight excluding hydrogens is 328 g/mol. The van der Waals surface area contributed by atoms with Crippen LogP contribution in [0.4, 0.5) is 0 Å². The van der Waals surface area contributed by atoms with Crippen molar-refractivity contribution < 1.29 is 14.3 Å². The van der Waals surface area contributed by atoms with Gasteiger partial charge in [-0.2, -0.15) is 0 Å². The Labute approximate surface area is 157 Å². The Morgan fingerprint density at radius 3 is 2.46 bits per heavy atom. The van der Waals surface area contributed by atoms with E-state index in [1.807, 2.05) is 12.1 Å². The molecule has 144 valence electrons. The molecule has 1 amide bonds. The molecule has 3 unspecified atom stereocenters. The van der Waals surface area contributed by atoms with Crippen LogP contribution in [-0.4, -0.2) is 55.1 Å². The highest BCUT2D eigenvalue weighted by Crippen LogP contribution is 2.38. The van der Waals surface area contributed by atoms with Crippen LogP contribution in [0.15, 0.2) is 18.2 Å². The number of piperidine rings is 1. The van der Waals surface area contributed by atoms with Crippen molar-refractivity contribution >= 4 is 5.91 Å². The minimum atomic E-state index is 0.232. The van der Waals surface area contributed by atoms with Crippen LogP contribution >= 0.6 is 0 Å². The second-order valence-electron chi connectivity index (χ2n) is 7.67. The van der Waals surface area contributed by atoms with E-state index in [0.29, 0.717) is 18.6 Å². The summed E-state index contributed by atoms with van der Waals surface area (Å²) in [5, 5.41) is 0. The van der Waals surface area contributed by atoms with E-state index in [-0.39, 0.29) is 11.9 Å². The molecule has 0 radical (unpaired) electrons. The Kier molecular flexibility index (Phi) is 6.07. The van der Waals surface area contributed by atoms with Gasteiger partial charge in [-0.1, -0.05) is 6.07 Å². The highest BCUT2D eigenvalue weighted by molar-refractivity contribution is 5.79. The Bertz CT molecular complexity index is 624. The lowest BCUT2D eigenvalue weighted by atomic mass is 9.97. The number of rotatable bonds is 5. The minimum Gasteiger partial charge on any atom is -0.497 e. The maximum absolute atomic E-state index is 13.0. The molecule has 0 aromatic heterocycles. The average molecular weight is 360 g/mol. The molecule has 0 spiro atoms. The fourth-order valence-corrected chi connectivity index (χ4v) is 4.63. The largest absolute Gasteiger partial charge is 0.497 e. The summed E-state index contributed by atoms with van der Waals surface area (Å²) in [5.74, 6) is 1.90. The number of hydrogen-bond donors (Lipinski definition) is 0. The summed E-state index contributed by atoms with van der Waals surface area (Å²) in [6.07, 6.45) is 5.62. The van der Waals surface area contributed by atoms with E-state index in [4.69, 9.17) is 9.47 Å². The lowest BCUT2D eigenvalue weighted by Gasteiger charge is -2.40. The van der Waals surface area contributed by atoms with Crippen molar-refractivity contribution in [3.63, 3.8) is 0 Å². The van der Waals surface area contributed by atoms with Crippen molar-refractivity contribution in [3.05, 3.63) is 23.8 Å². The molecule has 0 saturated carbocycles. The molecule has 0 aliphatic carbocycles. The summed E-state index contributed by atoms with van der Waals surface area (Å²) in [6.45, 7) is 5.82. The normalized spacial score (nSPS) is 26.8. The summed E-state index contributed by atoms with van der Waals surface area (Å²) in [7, 11) is 3.36. The minimum absolute atomic E-state index is 0.232. The number of hydrogen-bond acceptors (Lipinski definition) is 4. The number of carbonyl (C=O) groups excluding carboxylic acids is 1. The van der Waals surface area contributed by atoms with Gasteiger partial charge < -0.3 is 14.4 Å². The van der Waals surface area contributed by atoms with Crippen molar-refractivity contribution in [2.24, 2.45) is 0 Å². The third-order valence-electron chi connectivity index (χ3n) is 5.98. The Morgan fingerprint density at radius 2 is 1.81 bits per heavy atom. The van der Waals surface area contributed by atoms with Gasteiger partial charge in [0.1, 0.15) is 11.5 Å². The zero-order valence-corrected chi connectivity index (χ0v) is 16.5. The Hall–Kier alpha value is -1.75. The summed E-state index contributed by atoms with van der Waals surface area (Å²) < 4.78 is 10.9. The number of methoxy groups -OCH3 is 2. The first-order valence-electron chi connectivity index (χ1n) is 9.82. The zero-order valence-electron chi connectivity index (χ0n) is 16.5. The van der Waals surface area contributed by atoms with Gasteiger partial charge >= 0.3 is 0 Å². The molecule has 1 aromatic carbocycles. The SMILES string of the molecule is COc1ccc(C2CCCN2CC(=O)N2C(C)CCCC2C)c(OC)c1. The third-order valence-corrected chi connectivity index (χ3v) is 5.98. The Balaban J connectivity index is 1.75. The smallest absolute Gasteiger partial charge is 0.237 e. The topological polar surface area (TPSA) is 42.0 Å². The van der Waals surface area contributed by atoms with Crippen molar-refractivity contribution in [3.8, 4) is 11.5 Å². The highest BCUT2D eigenvalue weighted by atomic mass is 16.5. The number of benzene rings is 1. The molecule has 1 aromatic rings. The van der Waals surface area contributed by atoms with Crippen LogP contribution < -0.4 is 9.47 Å². The maximum atomic E-state index is 13.0. The zero-order chi connectivity index (χ0) is 18.7. The molecule has 3 rings (SSSR count). The Morgan fingerprint density at radius 1 is 1.08 bits per heavy atom. The van der Waals surface area contributed by atoms with E-state index in [2.05, 4.69) is 29.7 Å². The summed E-state index contributed by atoms with van der Waals surface area (Å²) in [6, 6.07) is 6.92. The first kappa shape index (κ1) is 19.0. The van der Waals surface area contributed by atoms with Gasteiger partial charge in [-0.3, -0.25) is 9.69 Å². The predicted molar refractivity (Wildman–Crippen MR) is 103 cm³/mol. The molecule has 0 N–H and O–H groups in total. The molecule has 2 aliphatic rings. The molecular formula is C21H32N2O3. The van der Waals surface area contributed by atoms with E-state index < -0.39 is 0 Å². The monoisotopic (exact) mass is 360 g/mol. The van der Waals surface area contributed by atoms with E-state index in [1.165, 1.54) is 6.42 Å². The van der Waals surface area contributed by atoms with Crippen molar-refractivity contribution in [1.82, 2.24) is 9.80 Å². The van der Waals surface area contributed by atoms with Gasteiger partial charge in [0.15, 0.2) is 0 Å². The number of ether oxygens (including phenoxy) is 2. The number of amides is 1. The lowest BCUT2D eigenvalue weighted by Crippen LogP contribution is -2.51. The second kappa shape index (κ2) is 8.30. The molecule has 2 fully saturated rings. The standard InChI is InChI=1S/C21H32N2O3/c1-15-7-5-8-16(2)23(15)21(24)14-22-12-6-9-19(22)18-11-10-17(25-3)13-20(18)26-4/h10-11,13,15-16,19H,5-9,12,14H2,1-4H3.